The standard InChI is InChI=1S/C14H21F2N5.ClH/c1-11(2)9-21-13(3-5-18-21)8-17-7-12-4-6-20(19-12)10-14(15)16;/h3-6,11,14,17H,7-10H2,1-2H3;1H. The molecule has 124 valence electrons. The van der Waals surface area contributed by atoms with Crippen LogP contribution in [-0.2, 0) is 26.2 Å². The van der Waals surface area contributed by atoms with Crippen molar-refractivity contribution in [1.29, 1.82) is 0 Å². The minimum Gasteiger partial charge on any atom is -0.305 e. The van der Waals surface area contributed by atoms with Crippen molar-refractivity contribution >= 4 is 12.4 Å². The van der Waals surface area contributed by atoms with Gasteiger partial charge in [0.05, 0.1) is 11.4 Å². The maximum atomic E-state index is 12.2. The number of hydrogen-bond acceptors (Lipinski definition) is 3. The van der Waals surface area contributed by atoms with Crippen LogP contribution in [0.2, 0.25) is 0 Å². The summed E-state index contributed by atoms with van der Waals surface area (Å²) in [7, 11) is 0. The molecule has 0 saturated carbocycles. The second kappa shape index (κ2) is 8.85. The SMILES string of the molecule is CC(C)Cn1nccc1CNCc1ccn(CC(F)F)n1.Cl. The molecule has 0 aromatic carbocycles. The summed E-state index contributed by atoms with van der Waals surface area (Å²) in [6.45, 7) is 6.04. The van der Waals surface area contributed by atoms with Crippen molar-refractivity contribution in [3.63, 3.8) is 0 Å². The maximum absolute atomic E-state index is 12.2. The van der Waals surface area contributed by atoms with Crippen molar-refractivity contribution in [3.05, 3.63) is 35.9 Å². The first kappa shape index (κ1) is 18.6. The van der Waals surface area contributed by atoms with Gasteiger partial charge in [-0.1, -0.05) is 13.8 Å². The van der Waals surface area contributed by atoms with Crippen LogP contribution >= 0.6 is 12.4 Å². The van der Waals surface area contributed by atoms with E-state index in [9.17, 15) is 8.78 Å². The van der Waals surface area contributed by atoms with Crippen molar-refractivity contribution in [2.75, 3.05) is 0 Å². The lowest BCUT2D eigenvalue weighted by Crippen LogP contribution is -2.18. The van der Waals surface area contributed by atoms with E-state index in [1.165, 1.54) is 4.68 Å². The first-order valence-corrected chi connectivity index (χ1v) is 7.06. The predicted molar refractivity (Wildman–Crippen MR) is 83.1 cm³/mol. The van der Waals surface area contributed by atoms with Gasteiger partial charge in [-0.25, -0.2) is 8.78 Å². The van der Waals surface area contributed by atoms with E-state index in [1.807, 2.05) is 10.7 Å². The third-order valence-electron chi connectivity index (χ3n) is 2.98. The molecule has 8 heteroatoms. The zero-order chi connectivity index (χ0) is 15.2. The van der Waals surface area contributed by atoms with Crippen molar-refractivity contribution in [2.45, 2.75) is 46.5 Å². The summed E-state index contributed by atoms with van der Waals surface area (Å²) < 4.78 is 27.7. The molecule has 1 N–H and O–H groups in total. The molecule has 0 spiro atoms. The van der Waals surface area contributed by atoms with Gasteiger partial charge in [-0.3, -0.25) is 9.36 Å². The summed E-state index contributed by atoms with van der Waals surface area (Å²) in [5.74, 6) is 0.536. The molecule has 2 heterocycles. The van der Waals surface area contributed by atoms with E-state index in [4.69, 9.17) is 0 Å². The Bertz CT molecular complexity index is 553. The average molecular weight is 334 g/mol. The minimum absolute atomic E-state index is 0. The highest BCUT2D eigenvalue weighted by Gasteiger charge is 2.07. The maximum Gasteiger partial charge on any atom is 0.257 e. The molecule has 0 bridgehead atoms. The van der Waals surface area contributed by atoms with Crippen LogP contribution in [0, 0.1) is 5.92 Å². The normalized spacial score (nSPS) is 11.2. The molecule has 0 aliphatic heterocycles. The Labute approximate surface area is 135 Å². The topological polar surface area (TPSA) is 47.7 Å². The lowest BCUT2D eigenvalue weighted by atomic mass is 10.2. The lowest BCUT2D eigenvalue weighted by Gasteiger charge is -2.10. The number of nitrogens with zero attached hydrogens (tertiary/aromatic N) is 4. The monoisotopic (exact) mass is 333 g/mol. The molecule has 0 aliphatic rings. The second-order valence-electron chi connectivity index (χ2n) is 5.42. The first-order chi connectivity index (χ1) is 10.0. The lowest BCUT2D eigenvalue weighted by molar-refractivity contribution is 0.121. The molecule has 2 rings (SSSR count). The fraction of sp³-hybridized carbons (Fsp3) is 0.571. The van der Waals surface area contributed by atoms with Crippen LogP contribution in [0.3, 0.4) is 0 Å². The van der Waals surface area contributed by atoms with Crippen molar-refractivity contribution in [1.82, 2.24) is 24.9 Å². The summed E-state index contributed by atoms with van der Waals surface area (Å²) in [5.41, 5.74) is 1.86. The quantitative estimate of drug-likeness (QED) is 0.808. The molecule has 0 radical (unpaired) electrons. The molecule has 2 aromatic heterocycles. The Morgan fingerprint density at radius 3 is 2.64 bits per heavy atom. The van der Waals surface area contributed by atoms with Gasteiger partial charge in [0.15, 0.2) is 0 Å². The van der Waals surface area contributed by atoms with Crippen molar-refractivity contribution in [3.8, 4) is 0 Å². The van der Waals surface area contributed by atoms with Crippen LogP contribution in [0.5, 0.6) is 0 Å². The molecule has 0 aliphatic carbocycles. The van der Waals surface area contributed by atoms with Crippen molar-refractivity contribution < 1.29 is 8.78 Å². The first-order valence-electron chi connectivity index (χ1n) is 7.06. The molecule has 0 amide bonds. The molecule has 5 nitrogen and oxygen atoms in total. The van der Waals surface area contributed by atoms with Crippen LogP contribution in [0.15, 0.2) is 24.5 Å². The molecule has 0 saturated heterocycles. The van der Waals surface area contributed by atoms with E-state index >= 15 is 0 Å². The number of nitrogens with one attached hydrogen (secondary N) is 1. The van der Waals surface area contributed by atoms with E-state index in [0.717, 1.165) is 17.9 Å². The van der Waals surface area contributed by atoms with Crippen molar-refractivity contribution in [2.24, 2.45) is 5.92 Å². The Balaban J connectivity index is 0.00000242. The third-order valence-corrected chi connectivity index (χ3v) is 2.98. The zero-order valence-electron chi connectivity index (χ0n) is 12.7. The van der Waals surface area contributed by atoms with E-state index < -0.39 is 6.43 Å². The molecule has 0 atom stereocenters. The summed E-state index contributed by atoms with van der Waals surface area (Å²) in [6.07, 6.45) is 0.985. The average Bonchev–Trinajstić information content (AvgIpc) is 2.99. The van der Waals surface area contributed by atoms with Crippen LogP contribution in [0.1, 0.15) is 25.2 Å². The Morgan fingerprint density at radius 1 is 1.18 bits per heavy atom. The smallest absolute Gasteiger partial charge is 0.257 e. The predicted octanol–water partition coefficient (Wildman–Crippen LogP) is 2.71. The molecule has 22 heavy (non-hydrogen) atoms. The second-order valence-corrected chi connectivity index (χ2v) is 5.42. The molecule has 0 fully saturated rings. The Hall–Kier alpha value is -1.47. The number of rotatable bonds is 8. The number of aromatic nitrogens is 4. The zero-order valence-corrected chi connectivity index (χ0v) is 13.6. The summed E-state index contributed by atoms with van der Waals surface area (Å²) in [4.78, 5) is 0. The van der Waals surface area contributed by atoms with Gasteiger partial charge in [0, 0.05) is 32.0 Å². The highest BCUT2D eigenvalue weighted by molar-refractivity contribution is 5.85. The van der Waals surface area contributed by atoms with Gasteiger partial charge in [0.25, 0.3) is 6.43 Å². The van der Waals surface area contributed by atoms with Gasteiger partial charge < -0.3 is 5.32 Å². The van der Waals surface area contributed by atoms with Gasteiger partial charge in [0.1, 0.15) is 6.54 Å². The van der Waals surface area contributed by atoms with Gasteiger partial charge in [-0.2, -0.15) is 10.2 Å². The van der Waals surface area contributed by atoms with E-state index in [2.05, 4.69) is 29.4 Å². The highest BCUT2D eigenvalue weighted by atomic mass is 35.5. The largest absolute Gasteiger partial charge is 0.305 e. The molecular weight excluding hydrogens is 312 g/mol. The fourth-order valence-corrected chi connectivity index (χ4v) is 2.08. The fourth-order valence-electron chi connectivity index (χ4n) is 2.08. The van der Waals surface area contributed by atoms with Crippen LogP contribution in [0.4, 0.5) is 8.78 Å². The van der Waals surface area contributed by atoms with Gasteiger partial charge in [-0.15, -0.1) is 12.4 Å². The van der Waals surface area contributed by atoms with E-state index in [-0.39, 0.29) is 19.0 Å². The van der Waals surface area contributed by atoms with Crippen LogP contribution < -0.4 is 5.32 Å². The van der Waals surface area contributed by atoms with Gasteiger partial charge in [0.2, 0.25) is 0 Å². The van der Waals surface area contributed by atoms with Crippen LogP contribution in [-0.4, -0.2) is 26.0 Å². The minimum atomic E-state index is -2.38. The van der Waals surface area contributed by atoms with Gasteiger partial charge in [-0.05, 0) is 18.1 Å². The molecule has 0 unspecified atom stereocenters. The summed E-state index contributed by atoms with van der Waals surface area (Å²) in [6, 6.07) is 3.73. The third kappa shape index (κ3) is 5.73. The summed E-state index contributed by atoms with van der Waals surface area (Å²) >= 11 is 0. The molecule has 2 aromatic rings. The van der Waals surface area contributed by atoms with Crippen LogP contribution in [0.25, 0.3) is 0 Å². The Morgan fingerprint density at radius 2 is 1.95 bits per heavy atom. The molecular formula is C14H22ClF2N5. The summed E-state index contributed by atoms with van der Waals surface area (Å²) in [5, 5.41) is 11.6. The van der Waals surface area contributed by atoms with Gasteiger partial charge >= 0.3 is 0 Å². The number of alkyl halides is 2. The number of hydrogen-bond donors (Lipinski definition) is 1. The Kier molecular flexibility index (Phi) is 7.47. The van der Waals surface area contributed by atoms with E-state index in [1.54, 1.807) is 18.5 Å². The van der Waals surface area contributed by atoms with E-state index in [0.29, 0.717) is 19.0 Å². The highest BCUT2D eigenvalue weighted by Crippen LogP contribution is 2.05. The number of halogens is 3.